The van der Waals surface area contributed by atoms with E-state index in [9.17, 15) is 4.79 Å². The molecule has 1 amide bonds. The van der Waals surface area contributed by atoms with Crippen LogP contribution in [0.4, 0.5) is 0 Å². The van der Waals surface area contributed by atoms with Crippen LogP contribution < -0.4 is 5.73 Å². The molecule has 1 aromatic carbocycles. The second-order valence-electron chi connectivity index (χ2n) is 3.15. The predicted octanol–water partition coefficient (Wildman–Crippen LogP) is 1.14. The van der Waals surface area contributed by atoms with Crippen molar-refractivity contribution in [2.24, 2.45) is 5.73 Å². The normalized spacial score (nSPS) is 10.2. The zero-order valence-corrected chi connectivity index (χ0v) is 8.10. The Labute approximate surface area is 85.9 Å². The lowest BCUT2D eigenvalue weighted by molar-refractivity contribution is 0.0958. The van der Waals surface area contributed by atoms with Crippen molar-refractivity contribution < 1.29 is 9.32 Å². The van der Waals surface area contributed by atoms with Crippen LogP contribution in [0.3, 0.4) is 0 Å². The topological polar surface area (TPSA) is 82.0 Å². The smallest absolute Gasteiger partial charge is 0.316 e. The number of carbonyl (C=O) groups is 1. The van der Waals surface area contributed by atoms with E-state index in [0.29, 0.717) is 5.82 Å². The molecule has 1 aromatic heterocycles. The highest BCUT2D eigenvalue weighted by molar-refractivity contribution is 5.88. The second kappa shape index (κ2) is 3.53. The maximum Gasteiger partial charge on any atom is 0.316 e. The van der Waals surface area contributed by atoms with Gasteiger partial charge in [0.15, 0.2) is 0 Å². The molecule has 2 rings (SSSR count). The quantitative estimate of drug-likeness (QED) is 0.793. The van der Waals surface area contributed by atoms with Crippen molar-refractivity contribution in [3.63, 3.8) is 0 Å². The molecular formula is C10H9N3O2. The van der Waals surface area contributed by atoms with Crippen molar-refractivity contribution in [2.45, 2.75) is 6.92 Å². The summed E-state index contributed by atoms with van der Waals surface area (Å²) in [7, 11) is 0. The number of amides is 1. The average Bonchev–Trinajstić information content (AvgIpc) is 2.68. The maximum absolute atomic E-state index is 10.7. The van der Waals surface area contributed by atoms with Gasteiger partial charge in [0.05, 0.1) is 0 Å². The molecule has 0 spiro atoms. The summed E-state index contributed by atoms with van der Waals surface area (Å²) in [5.74, 6) is -0.532. The van der Waals surface area contributed by atoms with Gasteiger partial charge in [-0.25, -0.2) is 0 Å². The number of nitrogens with two attached hydrogens (primary N) is 1. The Balaban J connectivity index is 2.37. The summed E-state index contributed by atoms with van der Waals surface area (Å²) in [6, 6.07) is 7.56. The fourth-order valence-corrected chi connectivity index (χ4v) is 1.14. The van der Waals surface area contributed by atoms with E-state index >= 15 is 0 Å². The first-order valence-corrected chi connectivity index (χ1v) is 4.37. The Morgan fingerprint density at radius 1 is 1.33 bits per heavy atom. The van der Waals surface area contributed by atoms with E-state index < -0.39 is 5.91 Å². The molecule has 0 fully saturated rings. The zero-order chi connectivity index (χ0) is 10.8. The third-order valence-electron chi connectivity index (χ3n) is 1.95. The third-order valence-corrected chi connectivity index (χ3v) is 1.95. The van der Waals surface area contributed by atoms with Gasteiger partial charge in [-0.05, 0) is 6.92 Å². The van der Waals surface area contributed by atoms with Gasteiger partial charge in [-0.3, -0.25) is 4.79 Å². The molecule has 5 heteroatoms. The van der Waals surface area contributed by atoms with Gasteiger partial charge in [0.1, 0.15) is 0 Å². The van der Waals surface area contributed by atoms with Gasteiger partial charge in [-0.1, -0.05) is 35.0 Å². The van der Waals surface area contributed by atoms with Crippen molar-refractivity contribution in [2.75, 3.05) is 0 Å². The van der Waals surface area contributed by atoms with E-state index in [1.54, 1.807) is 0 Å². The minimum absolute atomic E-state index is 0.175. The van der Waals surface area contributed by atoms with Crippen LogP contribution in [0.1, 0.15) is 16.2 Å². The largest absolute Gasteiger partial charge is 0.361 e. The van der Waals surface area contributed by atoms with Crippen LogP contribution in [-0.2, 0) is 0 Å². The SMILES string of the molecule is Cc1ccc(-c2noc(C(N)=O)n2)cc1. The van der Waals surface area contributed by atoms with Gasteiger partial charge >= 0.3 is 11.8 Å². The molecule has 0 radical (unpaired) electrons. The van der Waals surface area contributed by atoms with Crippen LogP contribution in [0.5, 0.6) is 0 Å². The second-order valence-corrected chi connectivity index (χ2v) is 3.15. The monoisotopic (exact) mass is 203 g/mol. The van der Waals surface area contributed by atoms with Crippen LogP contribution in [0.2, 0.25) is 0 Å². The molecule has 0 saturated carbocycles. The van der Waals surface area contributed by atoms with Gasteiger partial charge in [-0.15, -0.1) is 0 Å². The molecule has 0 aliphatic heterocycles. The molecule has 0 atom stereocenters. The molecule has 0 unspecified atom stereocenters. The molecule has 0 aliphatic rings. The highest BCUT2D eigenvalue weighted by Gasteiger charge is 2.12. The standard InChI is InChI=1S/C10H9N3O2/c1-6-2-4-7(5-3-6)9-12-10(8(11)14)15-13-9/h2-5H,1H3,(H2,11,14). The van der Waals surface area contributed by atoms with Gasteiger partial charge in [0, 0.05) is 5.56 Å². The van der Waals surface area contributed by atoms with Crippen LogP contribution >= 0.6 is 0 Å². The number of benzene rings is 1. The Bertz CT molecular complexity index is 488. The van der Waals surface area contributed by atoms with Crippen LogP contribution in [0.25, 0.3) is 11.4 Å². The van der Waals surface area contributed by atoms with Gasteiger partial charge < -0.3 is 10.3 Å². The maximum atomic E-state index is 10.7. The minimum atomic E-state index is -0.721. The number of hydrogen-bond acceptors (Lipinski definition) is 4. The number of carbonyl (C=O) groups excluding carboxylic acids is 1. The molecule has 2 aromatic rings. The van der Waals surface area contributed by atoms with Crippen molar-refractivity contribution in [3.8, 4) is 11.4 Å². The first-order valence-electron chi connectivity index (χ1n) is 4.37. The lowest BCUT2D eigenvalue weighted by atomic mass is 10.1. The van der Waals surface area contributed by atoms with Gasteiger partial charge in [0.25, 0.3) is 0 Å². The Morgan fingerprint density at radius 2 is 2.00 bits per heavy atom. The first-order chi connectivity index (χ1) is 7.16. The van der Waals surface area contributed by atoms with E-state index in [1.165, 1.54) is 0 Å². The van der Waals surface area contributed by atoms with Gasteiger partial charge in [0.2, 0.25) is 5.82 Å². The zero-order valence-electron chi connectivity index (χ0n) is 8.10. The summed E-state index contributed by atoms with van der Waals surface area (Å²) in [5, 5.41) is 3.65. The lowest BCUT2D eigenvalue weighted by Gasteiger charge is -1.93. The van der Waals surface area contributed by atoms with Crippen LogP contribution in [0.15, 0.2) is 28.8 Å². The van der Waals surface area contributed by atoms with E-state index in [0.717, 1.165) is 11.1 Å². The highest BCUT2D eigenvalue weighted by atomic mass is 16.5. The molecule has 5 nitrogen and oxygen atoms in total. The summed E-state index contributed by atoms with van der Waals surface area (Å²) in [5.41, 5.74) is 6.92. The number of aryl methyl sites for hydroxylation is 1. The van der Waals surface area contributed by atoms with E-state index in [4.69, 9.17) is 5.73 Å². The average molecular weight is 203 g/mol. The Hall–Kier alpha value is -2.17. The molecule has 76 valence electrons. The highest BCUT2D eigenvalue weighted by Crippen LogP contribution is 2.15. The molecule has 0 aliphatic carbocycles. The molecular weight excluding hydrogens is 194 g/mol. The summed E-state index contributed by atoms with van der Waals surface area (Å²) >= 11 is 0. The van der Waals surface area contributed by atoms with Crippen molar-refractivity contribution >= 4 is 5.91 Å². The van der Waals surface area contributed by atoms with Crippen molar-refractivity contribution in [1.82, 2.24) is 10.1 Å². The third kappa shape index (κ3) is 1.85. The number of hydrogen-bond donors (Lipinski definition) is 1. The first kappa shape index (κ1) is 9.39. The number of aromatic nitrogens is 2. The van der Waals surface area contributed by atoms with Gasteiger partial charge in [-0.2, -0.15) is 4.98 Å². The number of primary amides is 1. The van der Waals surface area contributed by atoms with E-state index in [1.807, 2.05) is 31.2 Å². The summed E-state index contributed by atoms with van der Waals surface area (Å²) < 4.78 is 4.68. The number of rotatable bonds is 2. The Morgan fingerprint density at radius 3 is 2.53 bits per heavy atom. The summed E-state index contributed by atoms with van der Waals surface area (Å²) in [6.07, 6.45) is 0. The molecule has 0 saturated heterocycles. The molecule has 0 bridgehead atoms. The predicted molar refractivity (Wildman–Crippen MR) is 53.0 cm³/mol. The fourth-order valence-electron chi connectivity index (χ4n) is 1.14. The Kier molecular flexibility index (Phi) is 2.21. The molecule has 1 heterocycles. The lowest BCUT2D eigenvalue weighted by Crippen LogP contribution is -2.10. The van der Waals surface area contributed by atoms with Crippen molar-refractivity contribution in [3.05, 3.63) is 35.7 Å². The summed E-state index contributed by atoms with van der Waals surface area (Å²) in [4.78, 5) is 14.6. The van der Waals surface area contributed by atoms with E-state index in [2.05, 4.69) is 14.7 Å². The van der Waals surface area contributed by atoms with Crippen LogP contribution in [0, 0.1) is 6.92 Å². The van der Waals surface area contributed by atoms with E-state index in [-0.39, 0.29) is 5.89 Å². The fraction of sp³-hybridized carbons (Fsp3) is 0.100. The summed E-state index contributed by atoms with van der Waals surface area (Å²) in [6.45, 7) is 1.98. The molecule has 15 heavy (non-hydrogen) atoms. The van der Waals surface area contributed by atoms with Crippen molar-refractivity contribution in [1.29, 1.82) is 0 Å². The number of nitrogens with zero attached hydrogens (tertiary/aromatic N) is 2. The molecule has 2 N–H and O–H groups in total. The van der Waals surface area contributed by atoms with Crippen LogP contribution in [-0.4, -0.2) is 16.0 Å². The minimum Gasteiger partial charge on any atom is -0.361 e.